The van der Waals surface area contributed by atoms with E-state index in [1.165, 1.54) is 13.0 Å². The zero-order valence-electron chi connectivity index (χ0n) is 12.6. The summed E-state index contributed by atoms with van der Waals surface area (Å²) in [5.41, 5.74) is 1.46. The molecular weight excluding hydrogens is 255 g/mol. The molecule has 0 aliphatic carbocycles. The van der Waals surface area contributed by atoms with Gasteiger partial charge in [0.05, 0.1) is 0 Å². The van der Waals surface area contributed by atoms with Gasteiger partial charge in [-0.3, -0.25) is 4.79 Å². The summed E-state index contributed by atoms with van der Waals surface area (Å²) in [7, 11) is 0. The van der Waals surface area contributed by atoms with Gasteiger partial charge in [-0.25, -0.2) is 4.39 Å². The van der Waals surface area contributed by atoms with Crippen molar-refractivity contribution in [3.05, 3.63) is 42.1 Å². The average molecular weight is 279 g/mol. The molecule has 1 atom stereocenters. The molecule has 0 spiro atoms. The Morgan fingerprint density at radius 2 is 2.05 bits per heavy atom. The Bertz CT molecular complexity index is 441. The van der Waals surface area contributed by atoms with Crippen LogP contribution in [0.5, 0.6) is 0 Å². The minimum absolute atomic E-state index is 0.0300. The molecule has 0 amide bonds. The van der Waals surface area contributed by atoms with Crippen LogP contribution in [0.2, 0.25) is 0 Å². The molecule has 0 saturated carbocycles. The number of rotatable bonds is 7. The Kier molecular flexibility index (Phi) is 6.69. The van der Waals surface area contributed by atoms with Gasteiger partial charge in [0.25, 0.3) is 0 Å². The molecule has 20 heavy (non-hydrogen) atoms. The van der Waals surface area contributed by atoms with Crippen LogP contribution in [0.15, 0.2) is 18.2 Å². The molecule has 2 nitrogen and oxygen atoms in total. The van der Waals surface area contributed by atoms with Gasteiger partial charge in [0, 0.05) is 12.5 Å². The van der Waals surface area contributed by atoms with Gasteiger partial charge in [-0.05, 0) is 30.4 Å². The van der Waals surface area contributed by atoms with Crippen LogP contribution in [0.1, 0.15) is 57.3 Å². The topological polar surface area (TPSA) is 26.3 Å². The molecule has 0 bridgehead atoms. The second kappa shape index (κ2) is 8.03. The van der Waals surface area contributed by atoms with E-state index in [9.17, 15) is 9.18 Å². The maximum atomic E-state index is 14.2. The van der Waals surface area contributed by atoms with Crippen molar-refractivity contribution in [1.82, 2.24) is 0 Å². The van der Waals surface area contributed by atoms with Crippen LogP contribution in [0, 0.1) is 18.7 Å². The summed E-state index contributed by atoms with van der Waals surface area (Å²) in [6, 6.07) is 5.06. The summed E-state index contributed by atoms with van der Waals surface area (Å²) in [5, 5.41) is 0. The van der Waals surface area contributed by atoms with Crippen LogP contribution < -0.4 is 0 Å². The van der Waals surface area contributed by atoms with Crippen molar-refractivity contribution in [1.29, 1.82) is 0 Å². The Balaban J connectivity index is 3.07. The third-order valence-electron chi connectivity index (χ3n) is 3.27. The predicted octanol–water partition coefficient (Wildman–Crippen LogP) is 4.63. The summed E-state index contributed by atoms with van der Waals surface area (Å²) in [5.74, 6) is -0.643. The lowest BCUT2D eigenvalue weighted by molar-refractivity contribution is -0.149. The van der Waals surface area contributed by atoms with Crippen LogP contribution in [-0.4, -0.2) is 5.97 Å². The molecule has 0 aliphatic rings. The summed E-state index contributed by atoms with van der Waals surface area (Å²) in [6.45, 7) is 9.04. The van der Waals surface area contributed by atoms with E-state index in [0.29, 0.717) is 5.56 Å². The molecule has 0 heterocycles. The van der Waals surface area contributed by atoms with Crippen LogP contribution in [0.4, 0.5) is 4.39 Å². The molecule has 0 N–H and O–H groups in total. The van der Waals surface area contributed by atoms with E-state index >= 15 is 0 Å². The fourth-order valence-electron chi connectivity index (χ4n) is 2.32. The molecule has 0 saturated heterocycles. The number of ether oxygens (including phenoxy) is 1. The van der Waals surface area contributed by atoms with Gasteiger partial charge in [-0.2, -0.15) is 0 Å². The zero-order valence-corrected chi connectivity index (χ0v) is 12.6. The number of halogens is 1. The first kappa shape index (κ1) is 16.7. The lowest BCUT2D eigenvalue weighted by Crippen LogP contribution is -2.17. The van der Waals surface area contributed by atoms with Crippen LogP contribution in [0.3, 0.4) is 0 Å². The second-order valence-electron chi connectivity index (χ2n) is 5.40. The SMILES string of the molecule is [CH2]CCCCc1cccc(F)c1C(OC(C)=O)C(C)C. The Morgan fingerprint density at radius 3 is 2.60 bits per heavy atom. The number of esters is 1. The van der Waals surface area contributed by atoms with E-state index in [1.807, 2.05) is 19.9 Å². The van der Waals surface area contributed by atoms with Crippen molar-refractivity contribution in [2.75, 3.05) is 0 Å². The van der Waals surface area contributed by atoms with E-state index in [-0.39, 0.29) is 17.7 Å². The number of unbranched alkanes of at least 4 members (excludes halogenated alkanes) is 2. The van der Waals surface area contributed by atoms with E-state index in [1.54, 1.807) is 6.07 Å². The number of carbonyl (C=O) groups is 1. The highest BCUT2D eigenvalue weighted by Crippen LogP contribution is 2.31. The van der Waals surface area contributed by atoms with Crippen LogP contribution in [0.25, 0.3) is 0 Å². The molecule has 3 heteroatoms. The van der Waals surface area contributed by atoms with E-state index in [4.69, 9.17) is 4.74 Å². The lowest BCUT2D eigenvalue weighted by Gasteiger charge is -2.24. The molecule has 1 radical (unpaired) electrons. The van der Waals surface area contributed by atoms with Crippen LogP contribution >= 0.6 is 0 Å². The minimum Gasteiger partial charge on any atom is -0.457 e. The van der Waals surface area contributed by atoms with E-state index in [0.717, 1.165) is 31.2 Å². The Morgan fingerprint density at radius 1 is 1.35 bits per heavy atom. The molecule has 111 valence electrons. The summed E-state index contributed by atoms with van der Waals surface area (Å²) >= 11 is 0. The molecule has 0 fully saturated rings. The van der Waals surface area contributed by atoms with E-state index < -0.39 is 6.10 Å². The monoisotopic (exact) mass is 279 g/mol. The highest BCUT2D eigenvalue weighted by atomic mass is 19.1. The van der Waals surface area contributed by atoms with Crippen LogP contribution in [-0.2, 0) is 16.0 Å². The zero-order chi connectivity index (χ0) is 15.1. The van der Waals surface area contributed by atoms with Gasteiger partial charge in [0.15, 0.2) is 0 Å². The number of hydrogen-bond acceptors (Lipinski definition) is 2. The first-order valence-electron chi connectivity index (χ1n) is 7.21. The first-order chi connectivity index (χ1) is 9.47. The number of aryl methyl sites for hydroxylation is 1. The summed E-state index contributed by atoms with van der Waals surface area (Å²) in [4.78, 5) is 11.3. The highest BCUT2D eigenvalue weighted by molar-refractivity contribution is 5.66. The molecule has 0 aliphatic heterocycles. The van der Waals surface area contributed by atoms with Gasteiger partial charge in [0.1, 0.15) is 11.9 Å². The van der Waals surface area contributed by atoms with Crippen molar-refractivity contribution >= 4 is 5.97 Å². The molecular formula is C17H24FO2. The average Bonchev–Trinajstić information content (AvgIpc) is 2.36. The van der Waals surface area contributed by atoms with Gasteiger partial charge in [0.2, 0.25) is 0 Å². The molecule has 1 aromatic carbocycles. The Hall–Kier alpha value is -1.38. The largest absolute Gasteiger partial charge is 0.457 e. The predicted molar refractivity (Wildman–Crippen MR) is 78.7 cm³/mol. The first-order valence-corrected chi connectivity index (χ1v) is 7.21. The van der Waals surface area contributed by atoms with Gasteiger partial charge in [-0.15, -0.1) is 0 Å². The minimum atomic E-state index is -0.525. The fourth-order valence-corrected chi connectivity index (χ4v) is 2.32. The smallest absolute Gasteiger partial charge is 0.303 e. The second-order valence-corrected chi connectivity index (χ2v) is 5.40. The van der Waals surface area contributed by atoms with Crippen molar-refractivity contribution in [3.8, 4) is 0 Å². The fraction of sp³-hybridized carbons (Fsp3) is 0.529. The number of hydrogen-bond donors (Lipinski definition) is 0. The maximum absolute atomic E-state index is 14.2. The Labute approximate surface area is 121 Å². The standard InChI is InChI=1S/C17H24FO2/c1-5-6-7-9-14-10-8-11-15(18)16(14)17(12(2)3)20-13(4)19/h8,10-12,17H,1,5-7,9H2,2-4H3. The van der Waals surface area contributed by atoms with Crippen molar-refractivity contribution in [2.45, 2.75) is 52.6 Å². The van der Waals surface area contributed by atoms with Crippen molar-refractivity contribution < 1.29 is 13.9 Å². The van der Waals surface area contributed by atoms with Crippen molar-refractivity contribution in [3.63, 3.8) is 0 Å². The molecule has 1 rings (SSSR count). The quantitative estimate of drug-likeness (QED) is 0.537. The summed E-state index contributed by atoms with van der Waals surface area (Å²) in [6.07, 6.45) is 3.11. The van der Waals surface area contributed by atoms with E-state index in [2.05, 4.69) is 6.92 Å². The molecule has 0 aromatic heterocycles. The van der Waals surface area contributed by atoms with Gasteiger partial charge in [-0.1, -0.05) is 45.7 Å². The van der Waals surface area contributed by atoms with Gasteiger partial charge < -0.3 is 4.74 Å². The van der Waals surface area contributed by atoms with Gasteiger partial charge >= 0.3 is 5.97 Å². The number of benzene rings is 1. The van der Waals surface area contributed by atoms with Crippen molar-refractivity contribution in [2.24, 2.45) is 5.92 Å². The third-order valence-corrected chi connectivity index (χ3v) is 3.27. The molecule has 1 aromatic rings. The highest BCUT2D eigenvalue weighted by Gasteiger charge is 2.25. The normalized spacial score (nSPS) is 12.5. The lowest BCUT2D eigenvalue weighted by atomic mass is 9.91. The summed E-state index contributed by atoms with van der Waals surface area (Å²) < 4.78 is 19.6. The third kappa shape index (κ3) is 4.62. The number of carbonyl (C=O) groups excluding carboxylic acids is 1. The molecule has 1 unspecified atom stereocenters. The maximum Gasteiger partial charge on any atom is 0.303 e.